The van der Waals surface area contributed by atoms with Gasteiger partial charge in [-0.25, -0.2) is 4.79 Å². The summed E-state index contributed by atoms with van der Waals surface area (Å²) in [5, 5.41) is 16.3. The Kier molecular flexibility index (Phi) is 5.59. The molecule has 0 spiro atoms. The van der Waals surface area contributed by atoms with Crippen molar-refractivity contribution in [1.82, 2.24) is 10.2 Å². The van der Waals surface area contributed by atoms with Gasteiger partial charge in [-0.2, -0.15) is 0 Å². The number of β-lactam (4-membered cyclic amide) rings is 1. The molecular weight excluding hydrogens is 342 g/mol. The Bertz CT molecular complexity index is 656. The van der Waals surface area contributed by atoms with Crippen LogP contribution < -0.4 is 5.32 Å². The lowest BCUT2D eigenvalue weighted by molar-refractivity contribution is -0.150. The molecule has 0 aromatic rings. The van der Waals surface area contributed by atoms with E-state index in [0.29, 0.717) is 11.3 Å². The Morgan fingerprint density at radius 3 is 3.00 bits per heavy atom. The zero-order valence-corrected chi connectivity index (χ0v) is 13.6. The second kappa shape index (κ2) is 7.44. The van der Waals surface area contributed by atoms with Crippen LogP contribution in [-0.4, -0.2) is 57.8 Å². The van der Waals surface area contributed by atoms with E-state index < -0.39 is 35.7 Å². The van der Waals surface area contributed by atoms with Crippen LogP contribution in [0.4, 0.5) is 0 Å². The standard InChI is InChI=1S/C12H13N5O4S2/c1-22-3-2-6-5-23-11-8(15-7(18)4-14-16-13)10(19)17(11)9(6)12(20)21/h2-3,8,11H,4-5H2,1H3,(H,15,18)(H,20,21)/t8?,11-/m1/s1. The number of hydrogen-bond donors (Lipinski definition) is 2. The molecule has 0 aromatic carbocycles. The van der Waals surface area contributed by atoms with Gasteiger partial charge in [0.2, 0.25) is 5.91 Å². The van der Waals surface area contributed by atoms with Crippen molar-refractivity contribution < 1.29 is 19.5 Å². The zero-order valence-electron chi connectivity index (χ0n) is 12.0. The molecule has 9 nitrogen and oxygen atoms in total. The number of allylic oxidation sites excluding steroid dienone is 1. The molecule has 1 saturated heterocycles. The Balaban J connectivity index is 2.17. The van der Waals surface area contributed by atoms with Crippen LogP contribution in [0.2, 0.25) is 0 Å². The van der Waals surface area contributed by atoms with Gasteiger partial charge in [-0.05, 0) is 28.8 Å². The number of nitrogens with one attached hydrogen (secondary N) is 1. The van der Waals surface area contributed by atoms with Gasteiger partial charge in [-0.1, -0.05) is 5.11 Å². The normalized spacial score (nSPS) is 23.2. The first-order valence-corrected chi connectivity index (χ1v) is 8.75. The van der Waals surface area contributed by atoms with Crippen molar-refractivity contribution in [2.24, 2.45) is 5.11 Å². The molecule has 1 unspecified atom stereocenters. The molecule has 0 aromatic heterocycles. The minimum Gasteiger partial charge on any atom is -0.477 e. The fourth-order valence-electron chi connectivity index (χ4n) is 2.24. The number of amides is 2. The van der Waals surface area contributed by atoms with Gasteiger partial charge in [-0.3, -0.25) is 14.5 Å². The second-order valence-corrected chi connectivity index (χ2v) is 6.41. The van der Waals surface area contributed by atoms with Gasteiger partial charge in [0.15, 0.2) is 0 Å². The number of aliphatic carboxylic acids is 1. The molecule has 2 aliphatic heterocycles. The molecule has 1 fully saturated rings. The highest BCUT2D eigenvalue weighted by atomic mass is 32.2. The number of fused-ring (bicyclic) bond motifs is 1. The van der Waals surface area contributed by atoms with E-state index in [1.807, 2.05) is 6.26 Å². The van der Waals surface area contributed by atoms with Crippen LogP contribution in [0.15, 0.2) is 27.9 Å². The molecule has 11 heteroatoms. The fourth-order valence-corrected chi connectivity index (χ4v) is 3.86. The number of carboxylic acid groups (broad SMARTS) is 1. The van der Waals surface area contributed by atoms with Gasteiger partial charge in [0.25, 0.3) is 5.91 Å². The average Bonchev–Trinajstić information content (AvgIpc) is 2.54. The molecule has 2 heterocycles. The van der Waals surface area contributed by atoms with Gasteiger partial charge in [0, 0.05) is 10.7 Å². The van der Waals surface area contributed by atoms with Gasteiger partial charge in [-0.15, -0.1) is 23.5 Å². The molecule has 122 valence electrons. The van der Waals surface area contributed by atoms with Crippen molar-refractivity contribution in [3.05, 3.63) is 33.2 Å². The highest BCUT2D eigenvalue weighted by Gasteiger charge is 2.53. The average molecular weight is 355 g/mol. The number of carbonyl (C=O) groups is 3. The van der Waals surface area contributed by atoms with Crippen LogP contribution in [0.5, 0.6) is 0 Å². The molecule has 0 aliphatic carbocycles. The number of carboxylic acids is 1. The van der Waals surface area contributed by atoms with E-state index in [9.17, 15) is 19.5 Å². The lowest BCUT2D eigenvalue weighted by Crippen LogP contribution is -2.70. The molecular formula is C12H13N5O4S2. The van der Waals surface area contributed by atoms with E-state index in [1.165, 1.54) is 28.4 Å². The number of rotatable bonds is 6. The van der Waals surface area contributed by atoms with Crippen LogP contribution in [-0.2, 0) is 14.4 Å². The summed E-state index contributed by atoms with van der Waals surface area (Å²) in [5.41, 5.74) is 8.68. The monoisotopic (exact) mass is 355 g/mol. The summed E-state index contributed by atoms with van der Waals surface area (Å²) >= 11 is 2.80. The Morgan fingerprint density at radius 1 is 1.65 bits per heavy atom. The molecule has 2 N–H and O–H groups in total. The van der Waals surface area contributed by atoms with Crippen LogP contribution in [0.25, 0.3) is 10.4 Å². The topological polar surface area (TPSA) is 135 Å². The van der Waals surface area contributed by atoms with Crippen molar-refractivity contribution in [3.8, 4) is 0 Å². The van der Waals surface area contributed by atoms with Crippen molar-refractivity contribution >= 4 is 41.3 Å². The van der Waals surface area contributed by atoms with E-state index in [-0.39, 0.29) is 5.70 Å². The third kappa shape index (κ3) is 3.46. The molecule has 23 heavy (non-hydrogen) atoms. The number of nitrogens with zero attached hydrogens (tertiary/aromatic N) is 4. The van der Waals surface area contributed by atoms with Crippen molar-refractivity contribution in [2.75, 3.05) is 18.6 Å². The lowest BCUT2D eigenvalue weighted by atomic mass is 10.0. The lowest BCUT2D eigenvalue weighted by Gasteiger charge is -2.49. The minimum atomic E-state index is -1.18. The van der Waals surface area contributed by atoms with Crippen molar-refractivity contribution in [1.29, 1.82) is 0 Å². The summed E-state index contributed by atoms with van der Waals surface area (Å²) in [4.78, 5) is 38.9. The smallest absolute Gasteiger partial charge is 0.352 e. The van der Waals surface area contributed by atoms with Crippen LogP contribution >= 0.6 is 23.5 Å². The van der Waals surface area contributed by atoms with Gasteiger partial charge < -0.3 is 10.4 Å². The highest BCUT2D eigenvalue weighted by Crippen LogP contribution is 2.40. The predicted molar refractivity (Wildman–Crippen MR) is 86.4 cm³/mol. The van der Waals surface area contributed by atoms with Gasteiger partial charge in [0.1, 0.15) is 23.7 Å². The molecule has 0 bridgehead atoms. The Labute approximate surface area is 139 Å². The van der Waals surface area contributed by atoms with E-state index in [2.05, 4.69) is 15.3 Å². The third-order valence-electron chi connectivity index (χ3n) is 3.20. The van der Waals surface area contributed by atoms with Crippen LogP contribution in [0.3, 0.4) is 0 Å². The zero-order chi connectivity index (χ0) is 17.0. The first-order chi connectivity index (χ1) is 11.0. The van der Waals surface area contributed by atoms with Crippen molar-refractivity contribution in [2.45, 2.75) is 11.4 Å². The summed E-state index contributed by atoms with van der Waals surface area (Å²) in [6.45, 7) is -0.402. The molecule has 2 rings (SSSR count). The van der Waals surface area contributed by atoms with Crippen molar-refractivity contribution in [3.63, 3.8) is 0 Å². The quantitative estimate of drug-likeness (QED) is 0.315. The summed E-state index contributed by atoms with van der Waals surface area (Å²) in [6.07, 6.45) is 3.53. The van der Waals surface area contributed by atoms with E-state index in [4.69, 9.17) is 5.53 Å². The fraction of sp³-hybridized carbons (Fsp3) is 0.417. The maximum atomic E-state index is 12.2. The first kappa shape index (κ1) is 17.3. The summed E-state index contributed by atoms with van der Waals surface area (Å²) in [5.74, 6) is -1.81. The maximum absolute atomic E-state index is 12.2. The van der Waals surface area contributed by atoms with Crippen LogP contribution in [0, 0.1) is 0 Å². The molecule has 2 amide bonds. The molecule has 2 aliphatic rings. The minimum absolute atomic E-state index is 0.0513. The molecule has 0 saturated carbocycles. The maximum Gasteiger partial charge on any atom is 0.352 e. The largest absolute Gasteiger partial charge is 0.477 e. The van der Waals surface area contributed by atoms with Gasteiger partial charge in [0.05, 0.1) is 0 Å². The summed E-state index contributed by atoms with van der Waals surface area (Å²) in [7, 11) is 0. The van der Waals surface area contributed by atoms with E-state index in [1.54, 1.807) is 11.5 Å². The van der Waals surface area contributed by atoms with E-state index in [0.717, 1.165) is 0 Å². The van der Waals surface area contributed by atoms with Crippen LogP contribution in [0.1, 0.15) is 0 Å². The third-order valence-corrected chi connectivity index (χ3v) is 4.91. The summed E-state index contributed by atoms with van der Waals surface area (Å²) < 4.78 is 0. The molecule has 0 radical (unpaired) electrons. The summed E-state index contributed by atoms with van der Waals surface area (Å²) in [6, 6.07) is -0.804. The highest BCUT2D eigenvalue weighted by molar-refractivity contribution is 8.01. The number of azide groups is 1. The van der Waals surface area contributed by atoms with E-state index >= 15 is 0 Å². The number of thioether (sulfide) groups is 2. The Morgan fingerprint density at radius 2 is 2.39 bits per heavy atom. The first-order valence-electron chi connectivity index (χ1n) is 6.42. The number of hydrogen-bond acceptors (Lipinski definition) is 6. The number of carbonyl (C=O) groups excluding carboxylic acids is 2. The van der Waals surface area contributed by atoms with Gasteiger partial charge >= 0.3 is 5.97 Å². The Hall–Kier alpha value is -2.10. The second-order valence-electron chi connectivity index (χ2n) is 4.56. The predicted octanol–water partition coefficient (Wildman–Crippen LogP) is 0.912. The molecule has 2 atom stereocenters. The SMILES string of the molecule is CSC=CC1=C(C(=O)O)N2C(=O)C(NC(=O)CN=[N+]=[N-])[C@H]2SC1.